The number of methoxy groups -OCH3 is 1. The van der Waals surface area contributed by atoms with Gasteiger partial charge in [-0.15, -0.1) is 0 Å². The molecule has 27 heavy (non-hydrogen) atoms. The minimum Gasteiger partial charge on any atom is -0.494 e. The van der Waals surface area contributed by atoms with Crippen LogP contribution in [-0.4, -0.2) is 16.7 Å². The Morgan fingerprint density at radius 3 is 2.22 bits per heavy atom. The average molecular weight is 368 g/mol. The number of rotatable bonds is 4. The van der Waals surface area contributed by atoms with Crippen molar-refractivity contribution in [2.45, 2.75) is 6.54 Å². The van der Waals surface area contributed by atoms with Gasteiger partial charge in [0, 0.05) is 5.56 Å². The molecule has 0 fully saturated rings. The summed E-state index contributed by atoms with van der Waals surface area (Å²) in [5.74, 6) is -1.03. The summed E-state index contributed by atoms with van der Waals surface area (Å²) >= 11 is 0. The van der Waals surface area contributed by atoms with Crippen LogP contribution in [0, 0.1) is 17.5 Å². The molecule has 0 saturated heterocycles. The molecule has 0 saturated carbocycles. The third kappa shape index (κ3) is 2.93. The van der Waals surface area contributed by atoms with Crippen molar-refractivity contribution < 1.29 is 17.9 Å². The molecule has 0 N–H and O–H groups in total. The molecule has 0 aliphatic carbocycles. The number of nitrogens with zero attached hydrogens (tertiary/aromatic N) is 2. The Balaban J connectivity index is 2.00. The van der Waals surface area contributed by atoms with E-state index in [9.17, 15) is 13.2 Å². The fraction of sp³-hybridized carbons (Fsp3) is 0.0952. The maximum absolute atomic E-state index is 14.4. The van der Waals surface area contributed by atoms with E-state index >= 15 is 0 Å². The highest BCUT2D eigenvalue weighted by molar-refractivity contribution is 5.86. The van der Waals surface area contributed by atoms with Crippen molar-refractivity contribution in [2.24, 2.45) is 0 Å². The van der Waals surface area contributed by atoms with Gasteiger partial charge in [-0.3, -0.25) is 0 Å². The molecule has 136 valence electrons. The molecule has 0 atom stereocenters. The van der Waals surface area contributed by atoms with Crippen molar-refractivity contribution in [3.05, 3.63) is 83.7 Å². The highest BCUT2D eigenvalue weighted by atomic mass is 19.1. The van der Waals surface area contributed by atoms with Crippen molar-refractivity contribution in [1.82, 2.24) is 9.55 Å². The Labute approximate surface area is 153 Å². The predicted octanol–water partition coefficient (Wildman–Crippen LogP) is 5.18. The SMILES string of the molecule is COc1cccc2c1nc(-c1ccccc1F)n2Cc1c(F)cccc1F. The fourth-order valence-electron chi connectivity index (χ4n) is 3.14. The van der Waals surface area contributed by atoms with Crippen LogP contribution in [0.3, 0.4) is 0 Å². The van der Waals surface area contributed by atoms with Gasteiger partial charge in [0.15, 0.2) is 0 Å². The van der Waals surface area contributed by atoms with E-state index < -0.39 is 17.5 Å². The molecule has 0 spiro atoms. The molecule has 6 heteroatoms. The van der Waals surface area contributed by atoms with Gasteiger partial charge in [-0.1, -0.05) is 24.3 Å². The van der Waals surface area contributed by atoms with Crippen molar-refractivity contribution in [2.75, 3.05) is 7.11 Å². The highest BCUT2D eigenvalue weighted by Crippen LogP contribution is 2.32. The zero-order valence-electron chi connectivity index (χ0n) is 14.4. The van der Waals surface area contributed by atoms with E-state index in [1.165, 1.54) is 31.4 Å². The van der Waals surface area contributed by atoms with Gasteiger partial charge in [-0.2, -0.15) is 0 Å². The third-order valence-corrected chi connectivity index (χ3v) is 4.45. The smallest absolute Gasteiger partial charge is 0.146 e. The zero-order chi connectivity index (χ0) is 19.0. The van der Waals surface area contributed by atoms with Crippen molar-refractivity contribution in [3.63, 3.8) is 0 Å². The topological polar surface area (TPSA) is 27.1 Å². The largest absolute Gasteiger partial charge is 0.494 e. The maximum atomic E-state index is 14.4. The molecule has 0 unspecified atom stereocenters. The van der Waals surface area contributed by atoms with Crippen LogP contribution in [0.15, 0.2) is 60.7 Å². The lowest BCUT2D eigenvalue weighted by molar-refractivity contribution is 0.419. The molecule has 0 aliphatic rings. The zero-order valence-corrected chi connectivity index (χ0v) is 14.4. The molecule has 0 radical (unpaired) electrons. The number of hydrogen-bond donors (Lipinski definition) is 0. The first-order valence-corrected chi connectivity index (χ1v) is 8.31. The molecule has 4 aromatic rings. The summed E-state index contributed by atoms with van der Waals surface area (Å²) in [5.41, 5.74) is 1.22. The number of imidazole rings is 1. The van der Waals surface area contributed by atoms with Crippen LogP contribution in [0.1, 0.15) is 5.56 Å². The van der Waals surface area contributed by atoms with Crippen LogP contribution in [0.2, 0.25) is 0 Å². The second kappa shape index (κ2) is 6.79. The number of fused-ring (bicyclic) bond motifs is 1. The third-order valence-electron chi connectivity index (χ3n) is 4.45. The monoisotopic (exact) mass is 368 g/mol. The summed E-state index contributed by atoms with van der Waals surface area (Å²) in [7, 11) is 1.51. The van der Waals surface area contributed by atoms with Gasteiger partial charge >= 0.3 is 0 Å². The minimum atomic E-state index is -0.667. The summed E-state index contributed by atoms with van der Waals surface area (Å²) in [6, 6.07) is 15.1. The lowest BCUT2D eigenvalue weighted by Gasteiger charge is -2.12. The van der Waals surface area contributed by atoms with E-state index in [4.69, 9.17) is 4.74 Å². The Morgan fingerprint density at radius 1 is 0.852 bits per heavy atom. The van der Waals surface area contributed by atoms with Gasteiger partial charge < -0.3 is 9.30 Å². The second-order valence-electron chi connectivity index (χ2n) is 6.03. The molecule has 3 nitrogen and oxygen atoms in total. The van der Waals surface area contributed by atoms with Gasteiger partial charge in [-0.25, -0.2) is 18.2 Å². The van der Waals surface area contributed by atoms with Crippen molar-refractivity contribution in [3.8, 4) is 17.1 Å². The van der Waals surface area contributed by atoms with E-state index in [2.05, 4.69) is 4.98 Å². The lowest BCUT2D eigenvalue weighted by atomic mass is 10.1. The van der Waals surface area contributed by atoms with E-state index in [0.717, 1.165) is 0 Å². The Bertz CT molecular complexity index is 1120. The van der Waals surface area contributed by atoms with Gasteiger partial charge in [0.05, 0.1) is 24.7 Å². The molecule has 0 amide bonds. The predicted molar refractivity (Wildman–Crippen MR) is 97.1 cm³/mol. The van der Waals surface area contributed by atoms with E-state index in [0.29, 0.717) is 16.8 Å². The molecule has 1 aromatic heterocycles. The maximum Gasteiger partial charge on any atom is 0.146 e. The van der Waals surface area contributed by atoms with Gasteiger partial charge in [-0.05, 0) is 36.4 Å². The number of benzene rings is 3. The van der Waals surface area contributed by atoms with Gasteiger partial charge in [0.25, 0.3) is 0 Å². The van der Waals surface area contributed by atoms with Gasteiger partial charge in [0.2, 0.25) is 0 Å². The first kappa shape index (κ1) is 17.1. The molecule has 0 aliphatic heterocycles. The Hall–Kier alpha value is -3.28. The average Bonchev–Trinajstić information content (AvgIpc) is 3.03. The van der Waals surface area contributed by atoms with Crippen LogP contribution < -0.4 is 4.74 Å². The van der Waals surface area contributed by atoms with E-state index in [-0.39, 0.29) is 23.5 Å². The second-order valence-corrected chi connectivity index (χ2v) is 6.03. The summed E-state index contributed by atoms with van der Waals surface area (Å²) in [6.07, 6.45) is 0. The van der Waals surface area contributed by atoms with Gasteiger partial charge in [0.1, 0.15) is 34.5 Å². The minimum absolute atomic E-state index is 0.114. The quantitative estimate of drug-likeness (QED) is 0.496. The number of aromatic nitrogens is 2. The number of para-hydroxylation sites is 1. The molecule has 3 aromatic carbocycles. The summed E-state index contributed by atoms with van der Waals surface area (Å²) in [4.78, 5) is 4.52. The summed E-state index contributed by atoms with van der Waals surface area (Å²) < 4.78 is 49.8. The van der Waals surface area contributed by atoms with Crippen LogP contribution in [0.5, 0.6) is 5.75 Å². The molecular weight excluding hydrogens is 353 g/mol. The van der Waals surface area contributed by atoms with Crippen molar-refractivity contribution >= 4 is 11.0 Å². The van der Waals surface area contributed by atoms with E-state index in [1.54, 1.807) is 41.0 Å². The van der Waals surface area contributed by atoms with Crippen LogP contribution >= 0.6 is 0 Å². The first-order valence-electron chi connectivity index (χ1n) is 8.31. The van der Waals surface area contributed by atoms with Crippen molar-refractivity contribution in [1.29, 1.82) is 0 Å². The number of halogens is 3. The molecule has 1 heterocycles. The van der Waals surface area contributed by atoms with E-state index in [1.807, 2.05) is 0 Å². The number of hydrogen-bond acceptors (Lipinski definition) is 2. The molecule has 0 bridgehead atoms. The van der Waals surface area contributed by atoms with Crippen LogP contribution in [-0.2, 0) is 6.54 Å². The Kier molecular flexibility index (Phi) is 4.32. The summed E-state index contributed by atoms with van der Waals surface area (Å²) in [5, 5.41) is 0. The highest BCUT2D eigenvalue weighted by Gasteiger charge is 2.20. The molecule has 4 rings (SSSR count). The molecular formula is C21H15F3N2O. The Morgan fingerprint density at radius 2 is 1.52 bits per heavy atom. The standard InChI is InChI=1S/C21H15F3N2O/c1-27-19-11-5-10-18-20(19)25-21(13-6-2-3-7-15(13)22)26(18)12-14-16(23)8-4-9-17(14)24/h2-11H,12H2,1H3. The number of ether oxygens (including phenoxy) is 1. The first-order chi connectivity index (χ1) is 13.1. The van der Waals surface area contributed by atoms with Crippen LogP contribution in [0.25, 0.3) is 22.4 Å². The summed E-state index contributed by atoms with van der Waals surface area (Å²) in [6.45, 7) is -0.133. The normalized spacial score (nSPS) is 11.1. The van der Waals surface area contributed by atoms with Crippen LogP contribution in [0.4, 0.5) is 13.2 Å². The lowest BCUT2D eigenvalue weighted by Crippen LogP contribution is -2.07. The fourth-order valence-corrected chi connectivity index (χ4v) is 3.14.